The Balaban J connectivity index is 1.63. The van der Waals surface area contributed by atoms with Crippen molar-refractivity contribution in [2.45, 2.75) is 89.7 Å². The summed E-state index contributed by atoms with van der Waals surface area (Å²) in [6.45, 7) is 7.68. The number of hydrogen-bond acceptors (Lipinski definition) is 5. The maximum atomic E-state index is 13.0. The van der Waals surface area contributed by atoms with E-state index < -0.39 is 5.60 Å². The first-order valence-corrected chi connectivity index (χ1v) is 10.4. The number of carbonyl (C=O) groups is 1. The molecule has 2 fully saturated rings. The summed E-state index contributed by atoms with van der Waals surface area (Å²) in [7, 11) is 0. The Morgan fingerprint density at radius 2 is 2.07 bits per heavy atom. The predicted molar refractivity (Wildman–Crippen MR) is 108 cm³/mol. The smallest absolute Gasteiger partial charge is 0.291 e. The van der Waals surface area contributed by atoms with Gasteiger partial charge >= 0.3 is 0 Å². The minimum Gasteiger partial charge on any atom is -0.390 e. The number of nitrogens with one attached hydrogen (secondary N) is 1. The molecule has 1 unspecified atom stereocenters. The van der Waals surface area contributed by atoms with E-state index in [1.165, 1.54) is 4.68 Å². The van der Waals surface area contributed by atoms with Crippen LogP contribution in [0.1, 0.15) is 76.8 Å². The highest BCUT2D eigenvalue weighted by molar-refractivity contribution is 5.76. The summed E-state index contributed by atoms with van der Waals surface area (Å²) in [5.74, 6) is 0.615. The fraction of sp³-hybridized carbons (Fsp3) is 0.667. The zero-order valence-electron chi connectivity index (χ0n) is 17.5. The summed E-state index contributed by atoms with van der Waals surface area (Å²) in [5.41, 5.74) is 0.537. The second kappa shape index (κ2) is 7.25. The zero-order valence-corrected chi connectivity index (χ0v) is 17.5. The van der Waals surface area contributed by atoms with Gasteiger partial charge in [0.25, 0.3) is 5.56 Å². The van der Waals surface area contributed by atoms with Crippen molar-refractivity contribution in [3.05, 3.63) is 34.0 Å². The average Bonchev–Trinajstić information content (AvgIpc) is 3.29. The van der Waals surface area contributed by atoms with Crippen LogP contribution in [0.25, 0.3) is 5.52 Å². The van der Waals surface area contributed by atoms with Crippen LogP contribution in [0.2, 0.25) is 0 Å². The Morgan fingerprint density at radius 1 is 1.38 bits per heavy atom. The highest BCUT2D eigenvalue weighted by atomic mass is 16.5. The van der Waals surface area contributed by atoms with Gasteiger partial charge in [0.2, 0.25) is 5.91 Å². The molecule has 0 spiro atoms. The molecule has 2 aliphatic carbocycles. The van der Waals surface area contributed by atoms with Gasteiger partial charge in [-0.25, -0.2) is 4.68 Å². The largest absolute Gasteiger partial charge is 0.390 e. The van der Waals surface area contributed by atoms with Crippen LogP contribution in [-0.4, -0.2) is 42.9 Å². The molecule has 158 valence electrons. The van der Waals surface area contributed by atoms with Gasteiger partial charge < -0.3 is 15.2 Å². The lowest BCUT2D eigenvalue weighted by Crippen LogP contribution is -2.54. The Hall–Kier alpha value is -2.19. The third kappa shape index (κ3) is 4.23. The molecule has 0 aromatic carbocycles. The second-order valence-corrected chi connectivity index (χ2v) is 9.15. The summed E-state index contributed by atoms with van der Waals surface area (Å²) in [4.78, 5) is 25.5. The molecule has 29 heavy (non-hydrogen) atoms. The Labute approximate surface area is 169 Å². The molecule has 2 heterocycles. The molecule has 0 radical (unpaired) electrons. The van der Waals surface area contributed by atoms with Crippen molar-refractivity contribution in [2.75, 3.05) is 0 Å². The number of aliphatic hydroxyl groups is 1. The number of hydrogen-bond donors (Lipinski definition) is 2. The van der Waals surface area contributed by atoms with E-state index in [0.717, 1.165) is 18.4 Å². The molecule has 2 N–H and O–H groups in total. The lowest BCUT2D eigenvalue weighted by Gasteiger charge is -2.41. The third-order valence-electron chi connectivity index (χ3n) is 5.75. The van der Waals surface area contributed by atoms with Crippen molar-refractivity contribution in [1.82, 2.24) is 19.5 Å². The van der Waals surface area contributed by atoms with Gasteiger partial charge in [0.1, 0.15) is 18.2 Å². The van der Waals surface area contributed by atoms with E-state index in [-0.39, 0.29) is 42.2 Å². The molecule has 8 nitrogen and oxygen atoms in total. The van der Waals surface area contributed by atoms with Gasteiger partial charge in [-0.2, -0.15) is 5.10 Å². The molecule has 1 atom stereocenters. The topological polar surface area (TPSA) is 97.9 Å². The molecule has 2 aromatic heterocycles. The number of rotatable bonds is 7. The van der Waals surface area contributed by atoms with Crippen molar-refractivity contribution in [3.8, 4) is 0 Å². The van der Waals surface area contributed by atoms with Crippen LogP contribution in [0, 0.1) is 0 Å². The number of ether oxygens (including phenoxy) is 1. The van der Waals surface area contributed by atoms with E-state index in [1.807, 2.05) is 23.6 Å². The van der Waals surface area contributed by atoms with Crippen LogP contribution < -0.4 is 10.9 Å². The van der Waals surface area contributed by atoms with Crippen molar-refractivity contribution in [3.63, 3.8) is 0 Å². The van der Waals surface area contributed by atoms with E-state index in [2.05, 4.69) is 24.3 Å². The van der Waals surface area contributed by atoms with Crippen LogP contribution in [-0.2, 0) is 16.1 Å². The van der Waals surface area contributed by atoms with E-state index in [4.69, 9.17) is 4.74 Å². The standard InChI is InChI=1S/C21H30N4O4/c1-12(2)14-7-17-20(27)25(11-18(26)22-15-8-21(4,28)9-15)23-19(24(17)10-14)13(3)29-16-5-6-16/h7,10,12-13,15-16,28H,5-6,8-9,11H2,1-4H3,(H,22,26). The summed E-state index contributed by atoms with van der Waals surface area (Å²) in [6, 6.07) is 1.81. The highest BCUT2D eigenvalue weighted by Gasteiger charge is 2.39. The lowest BCUT2D eigenvalue weighted by molar-refractivity contribution is -0.125. The fourth-order valence-electron chi connectivity index (χ4n) is 3.95. The molecule has 0 bridgehead atoms. The van der Waals surface area contributed by atoms with Crippen LogP contribution in [0.15, 0.2) is 17.1 Å². The van der Waals surface area contributed by atoms with Gasteiger partial charge in [-0.05, 0) is 57.1 Å². The molecule has 0 aliphatic heterocycles. The quantitative estimate of drug-likeness (QED) is 0.737. The van der Waals surface area contributed by atoms with Gasteiger partial charge in [-0.1, -0.05) is 13.8 Å². The first kappa shape index (κ1) is 20.1. The van der Waals surface area contributed by atoms with Crippen molar-refractivity contribution in [2.24, 2.45) is 0 Å². The molecule has 1 amide bonds. The molecule has 8 heteroatoms. The Kier molecular flexibility index (Phi) is 5.02. The van der Waals surface area contributed by atoms with Crippen LogP contribution in [0.5, 0.6) is 0 Å². The zero-order chi connectivity index (χ0) is 20.9. The van der Waals surface area contributed by atoms with E-state index in [9.17, 15) is 14.7 Å². The summed E-state index contributed by atoms with van der Waals surface area (Å²) >= 11 is 0. The Morgan fingerprint density at radius 3 is 2.66 bits per heavy atom. The average molecular weight is 402 g/mol. The van der Waals surface area contributed by atoms with Gasteiger partial charge in [-0.15, -0.1) is 0 Å². The van der Waals surface area contributed by atoms with Gasteiger partial charge in [0.05, 0.1) is 11.7 Å². The second-order valence-electron chi connectivity index (χ2n) is 9.15. The van der Waals surface area contributed by atoms with E-state index >= 15 is 0 Å². The maximum absolute atomic E-state index is 13.0. The predicted octanol–water partition coefficient (Wildman–Crippen LogP) is 1.89. The monoisotopic (exact) mass is 402 g/mol. The summed E-state index contributed by atoms with van der Waals surface area (Å²) < 4.78 is 9.05. The number of carbonyl (C=O) groups excluding carboxylic acids is 1. The number of nitrogens with zero attached hydrogens (tertiary/aromatic N) is 3. The van der Waals surface area contributed by atoms with Crippen LogP contribution in [0.3, 0.4) is 0 Å². The van der Waals surface area contributed by atoms with Gasteiger partial charge in [0.15, 0.2) is 5.82 Å². The molecular formula is C21H30N4O4. The third-order valence-corrected chi connectivity index (χ3v) is 5.75. The summed E-state index contributed by atoms with van der Waals surface area (Å²) in [6.07, 6.45) is 5.04. The number of fused-ring (bicyclic) bond motifs is 1. The number of aromatic nitrogens is 3. The molecule has 2 saturated carbocycles. The van der Waals surface area contributed by atoms with Gasteiger partial charge in [0, 0.05) is 12.2 Å². The van der Waals surface area contributed by atoms with Gasteiger partial charge in [-0.3, -0.25) is 14.0 Å². The lowest BCUT2D eigenvalue weighted by atomic mass is 9.77. The molecule has 4 rings (SSSR count). The highest BCUT2D eigenvalue weighted by Crippen LogP contribution is 2.32. The van der Waals surface area contributed by atoms with Crippen LogP contribution >= 0.6 is 0 Å². The maximum Gasteiger partial charge on any atom is 0.291 e. The van der Waals surface area contributed by atoms with Crippen molar-refractivity contribution < 1.29 is 14.6 Å². The minimum absolute atomic E-state index is 0.0608. The minimum atomic E-state index is -0.714. The number of amides is 1. The van der Waals surface area contributed by atoms with Crippen LogP contribution in [0.4, 0.5) is 0 Å². The summed E-state index contributed by atoms with van der Waals surface area (Å²) in [5, 5.41) is 17.2. The van der Waals surface area contributed by atoms with E-state index in [0.29, 0.717) is 24.2 Å². The molecule has 2 aromatic rings. The normalized spacial score (nSPS) is 25.2. The molecular weight excluding hydrogens is 372 g/mol. The first-order chi connectivity index (χ1) is 13.6. The van der Waals surface area contributed by atoms with E-state index in [1.54, 1.807) is 6.92 Å². The Bertz CT molecular complexity index is 978. The molecule has 0 saturated heterocycles. The van der Waals surface area contributed by atoms with Crippen molar-refractivity contribution >= 4 is 11.4 Å². The SMILES string of the molecule is CC(C)c1cc2c(=O)n(CC(=O)NC3CC(C)(O)C3)nc(C(C)OC3CC3)n2c1. The first-order valence-electron chi connectivity index (χ1n) is 10.4. The van der Waals surface area contributed by atoms with Crippen molar-refractivity contribution in [1.29, 1.82) is 0 Å². The fourth-order valence-corrected chi connectivity index (χ4v) is 3.95. The molecule has 2 aliphatic rings.